The lowest BCUT2D eigenvalue weighted by Gasteiger charge is -1.97. The van der Waals surface area contributed by atoms with Crippen LogP contribution in [-0.4, -0.2) is 20.2 Å². The molecule has 2 rings (SSSR count). The first-order valence-corrected chi connectivity index (χ1v) is 3.45. The topological polar surface area (TPSA) is 69.6 Å². The van der Waals surface area contributed by atoms with E-state index in [1.54, 1.807) is 16.8 Å². The molecule has 0 saturated heterocycles. The highest BCUT2D eigenvalue weighted by Crippen LogP contribution is 2.07. The minimum Gasteiger partial charge on any atom is -1.00 e. The van der Waals surface area contributed by atoms with Crippen LogP contribution in [0.15, 0.2) is 30.6 Å². The first-order chi connectivity index (χ1) is 5.86. The predicted molar refractivity (Wildman–Crippen MR) is 43.6 cm³/mol. The van der Waals surface area contributed by atoms with Crippen LogP contribution in [0.1, 0.15) is 0 Å². The molecule has 0 unspecified atom stereocenters. The van der Waals surface area contributed by atoms with Crippen LogP contribution in [0.5, 0.6) is 0 Å². The van der Waals surface area contributed by atoms with E-state index in [-0.39, 0.29) is 12.4 Å². The molecule has 2 aromatic rings. The van der Waals surface area contributed by atoms with E-state index in [0.717, 1.165) is 11.4 Å². The fraction of sp³-hybridized carbons (Fsp3) is 0. The lowest BCUT2D eigenvalue weighted by Crippen LogP contribution is -3.00. The van der Waals surface area contributed by atoms with Gasteiger partial charge in [-0.3, -0.25) is 0 Å². The molecule has 6 heteroatoms. The molecule has 0 aliphatic carbocycles. The summed E-state index contributed by atoms with van der Waals surface area (Å²) in [6, 6.07) is 7.31. The Hall–Kier alpha value is -1.62. The van der Waals surface area contributed by atoms with Crippen LogP contribution in [-0.2, 0) is 0 Å². The van der Waals surface area contributed by atoms with Crippen LogP contribution in [0, 0.1) is 0 Å². The molecule has 0 fully saturated rings. The quantitative estimate of drug-likeness (QED) is 0.502. The summed E-state index contributed by atoms with van der Waals surface area (Å²) in [5.41, 5.74) is 7.15. The second kappa shape index (κ2) is 3.86. The van der Waals surface area contributed by atoms with Crippen LogP contribution in [0.4, 0.5) is 5.69 Å². The maximum Gasteiger partial charge on any atom is 0.143 e. The molecule has 1 aromatic heterocycles. The Morgan fingerprint density at radius 1 is 1.15 bits per heavy atom. The number of nitrogens with two attached hydrogens (primary N) is 1. The fourth-order valence-corrected chi connectivity index (χ4v) is 0.907. The van der Waals surface area contributed by atoms with Gasteiger partial charge in [0, 0.05) is 5.69 Å². The van der Waals surface area contributed by atoms with Crippen molar-refractivity contribution in [2.45, 2.75) is 0 Å². The number of hydrogen-bond acceptors (Lipinski definition) is 4. The summed E-state index contributed by atoms with van der Waals surface area (Å²) >= 11 is 0. The van der Waals surface area contributed by atoms with Gasteiger partial charge in [-0.05, 0) is 34.7 Å². The third-order valence-corrected chi connectivity index (χ3v) is 1.51. The second-order valence-corrected chi connectivity index (χ2v) is 2.35. The van der Waals surface area contributed by atoms with Gasteiger partial charge in [-0.25, -0.2) is 4.68 Å². The Morgan fingerprint density at radius 2 is 1.85 bits per heavy atom. The number of tetrazole rings is 1. The van der Waals surface area contributed by atoms with E-state index in [2.05, 4.69) is 15.5 Å². The van der Waals surface area contributed by atoms with Crippen LogP contribution in [0.2, 0.25) is 0 Å². The summed E-state index contributed by atoms with van der Waals surface area (Å²) in [6.45, 7) is 0. The van der Waals surface area contributed by atoms with Crippen molar-refractivity contribution in [2.75, 3.05) is 5.73 Å². The van der Waals surface area contributed by atoms with E-state index in [1.807, 2.05) is 12.1 Å². The number of rotatable bonds is 1. The molecule has 13 heavy (non-hydrogen) atoms. The molecule has 0 radical (unpaired) electrons. The molecule has 0 atom stereocenters. The SMILES string of the molecule is Nc1ccc(-n2cnnn2)cc1.[Cl-]. The number of halogens is 1. The van der Waals surface area contributed by atoms with Crippen molar-refractivity contribution >= 4 is 5.69 Å². The average molecular weight is 197 g/mol. The summed E-state index contributed by atoms with van der Waals surface area (Å²) in [5, 5.41) is 10.8. The molecule has 0 amide bonds. The van der Waals surface area contributed by atoms with Crippen molar-refractivity contribution in [1.82, 2.24) is 20.2 Å². The van der Waals surface area contributed by atoms with Crippen molar-refractivity contribution in [3.8, 4) is 5.69 Å². The summed E-state index contributed by atoms with van der Waals surface area (Å²) in [5.74, 6) is 0. The van der Waals surface area contributed by atoms with Crippen LogP contribution in [0.3, 0.4) is 0 Å². The predicted octanol–water partition coefficient (Wildman–Crippen LogP) is -2.75. The van der Waals surface area contributed by atoms with Crippen molar-refractivity contribution in [3.63, 3.8) is 0 Å². The highest BCUT2D eigenvalue weighted by atomic mass is 35.5. The molecule has 0 bridgehead atoms. The zero-order valence-electron chi connectivity index (χ0n) is 6.63. The molecular formula is C7H7ClN5-. The van der Waals surface area contributed by atoms with E-state index >= 15 is 0 Å². The third kappa shape index (κ3) is 1.94. The van der Waals surface area contributed by atoms with Gasteiger partial charge in [0.25, 0.3) is 0 Å². The van der Waals surface area contributed by atoms with Gasteiger partial charge in [0.2, 0.25) is 0 Å². The molecule has 1 aromatic carbocycles. The van der Waals surface area contributed by atoms with Crippen molar-refractivity contribution in [1.29, 1.82) is 0 Å². The first kappa shape index (κ1) is 9.47. The van der Waals surface area contributed by atoms with Crippen molar-refractivity contribution in [3.05, 3.63) is 30.6 Å². The smallest absolute Gasteiger partial charge is 0.143 e. The lowest BCUT2D eigenvalue weighted by molar-refractivity contribution is -0.00000262. The number of nitrogens with zero attached hydrogens (tertiary/aromatic N) is 4. The zero-order chi connectivity index (χ0) is 8.39. The third-order valence-electron chi connectivity index (χ3n) is 1.51. The lowest BCUT2D eigenvalue weighted by atomic mass is 10.3. The summed E-state index contributed by atoms with van der Waals surface area (Å²) in [7, 11) is 0. The molecule has 5 nitrogen and oxygen atoms in total. The van der Waals surface area contributed by atoms with Gasteiger partial charge in [0.05, 0.1) is 5.69 Å². The number of anilines is 1. The standard InChI is InChI=1S/C7H7N5.ClH/c8-6-1-3-7(4-2-6)12-5-9-10-11-12;/h1-5H,8H2;1H/p-1. The van der Waals surface area contributed by atoms with Gasteiger partial charge >= 0.3 is 0 Å². The Kier molecular flexibility index (Phi) is 2.81. The van der Waals surface area contributed by atoms with Gasteiger partial charge in [-0.2, -0.15) is 0 Å². The van der Waals surface area contributed by atoms with E-state index in [9.17, 15) is 0 Å². The maximum atomic E-state index is 5.52. The van der Waals surface area contributed by atoms with Gasteiger partial charge in [0.1, 0.15) is 6.33 Å². The normalized spacial score (nSPS) is 9.23. The highest BCUT2D eigenvalue weighted by molar-refractivity contribution is 5.44. The van der Waals surface area contributed by atoms with Gasteiger partial charge in [-0.1, -0.05) is 0 Å². The summed E-state index contributed by atoms with van der Waals surface area (Å²) < 4.78 is 1.57. The monoisotopic (exact) mass is 196 g/mol. The molecule has 0 saturated carbocycles. The van der Waals surface area contributed by atoms with Gasteiger partial charge < -0.3 is 18.1 Å². The van der Waals surface area contributed by atoms with Crippen molar-refractivity contribution in [2.24, 2.45) is 0 Å². The molecular weight excluding hydrogens is 190 g/mol. The number of benzene rings is 1. The number of nitrogen functional groups attached to an aromatic ring is 1. The maximum absolute atomic E-state index is 5.52. The number of aromatic nitrogens is 4. The van der Waals surface area contributed by atoms with Crippen molar-refractivity contribution < 1.29 is 12.4 Å². The van der Waals surface area contributed by atoms with Crippen LogP contribution in [0.25, 0.3) is 5.69 Å². The van der Waals surface area contributed by atoms with E-state index in [0.29, 0.717) is 0 Å². The molecule has 0 aliphatic rings. The van der Waals surface area contributed by atoms with Gasteiger partial charge in [-0.15, -0.1) is 5.10 Å². The van der Waals surface area contributed by atoms with E-state index in [4.69, 9.17) is 5.73 Å². The Balaban J connectivity index is 0.000000845. The largest absolute Gasteiger partial charge is 1.00 e. The minimum absolute atomic E-state index is 0. The Bertz CT molecular complexity index is 355. The average Bonchev–Trinajstić information content (AvgIpc) is 2.58. The Labute approximate surface area is 81.0 Å². The van der Waals surface area contributed by atoms with E-state index in [1.165, 1.54) is 6.33 Å². The van der Waals surface area contributed by atoms with Gasteiger partial charge in [0.15, 0.2) is 0 Å². The molecule has 2 N–H and O–H groups in total. The highest BCUT2D eigenvalue weighted by Gasteiger charge is 1.95. The molecule has 0 aliphatic heterocycles. The minimum atomic E-state index is 0. The fourth-order valence-electron chi connectivity index (χ4n) is 0.907. The van der Waals surface area contributed by atoms with Crippen LogP contribution >= 0.6 is 0 Å². The summed E-state index contributed by atoms with van der Waals surface area (Å²) in [4.78, 5) is 0. The first-order valence-electron chi connectivity index (χ1n) is 3.45. The number of hydrogen-bond donors (Lipinski definition) is 1. The Morgan fingerprint density at radius 3 is 2.38 bits per heavy atom. The summed E-state index contributed by atoms with van der Waals surface area (Å²) in [6.07, 6.45) is 1.53. The molecule has 0 spiro atoms. The second-order valence-electron chi connectivity index (χ2n) is 2.35. The van der Waals surface area contributed by atoms with Crippen LogP contribution < -0.4 is 18.1 Å². The van der Waals surface area contributed by atoms with E-state index < -0.39 is 0 Å². The zero-order valence-corrected chi connectivity index (χ0v) is 7.39. The molecule has 68 valence electrons. The molecule has 1 heterocycles.